The van der Waals surface area contributed by atoms with Crippen molar-refractivity contribution in [3.8, 4) is 0 Å². The van der Waals surface area contributed by atoms with Crippen LogP contribution in [0.3, 0.4) is 0 Å². The van der Waals surface area contributed by atoms with E-state index >= 15 is 0 Å². The van der Waals surface area contributed by atoms with Gasteiger partial charge in [0.25, 0.3) is 0 Å². The first-order chi connectivity index (χ1) is 7.92. The number of sulfone groups is 1. The molecule has 3 N–H and O–H groups in total. The first kappa shape index (κ1) is 14.0. The fourth-order valence-electron chi connectivity index (χ4n) is 1.80. The Morgan fingerprint density at radius 3 is 2.18 bits per heavy atom. The molecule has 0 aliphatic rings. The van der Waals surface area contributed by atoms with Crippen molar-refractivity contribution in [3.63, 3.8) is 0 Å². The summed E-state index contributed by atoms with van der Waals surface area (Å²) < 4.78 is 23.7. The van der Waals surface area contributed by atoms with Crippen LogP contribution in [0.5, 0.6) is 0 Å². The second-order valence-electron chi connectivity index (χ2n) is 4.01. The van der Waals surface area contributed by atoms with Gasteiger partial charge in [0.15, 0.2) is 9.84 Å². The maximum absolute atomic E-state index is 11.8. The molecule has 0 amide bonds. The van der Waals surface area contributed by atoms with Gasteiger partial charge in [0.05, 0.1) is 11.4 Å². The van der Waals surface area contributed by atoms with Gasteiger partial charge in [-0.3, -0.25) is 0 Å². The van der Waals surface area contributed by atoms with Gasteiger partial charge in [0.2, 0.25) is 0 Å². The number of hydrogen-bond donors (Lipinski definition) is 2. The smallest absolute Gasteiger partial charge is 0.155 e. The molecule has 0 bridgehead atoms. The lowest BCUT2D eigenvalue weighted by Crippen LogP contribution is -2.29. The molecule has 0 heterocycles. The molecule has 1 aromatic rings. The number of aliphatic hydroxyl groups is 1. The Morgan fingerprint density at radius 1 is 1.24 bits per heavy atom. The molecule has 0 unspecified atom stereocenters. The molecule has 0 saturated heterocycles. The second kappa shape index (κ2) is 5.51. The van der Waals surface area contributed by atoms with E-state index in [0.29, 0.717) is 17.7 Å². The molecule has 1 aromatic carbocycles. The molecule has 1 rings (SSSR count). The summed E-state index contributed by atoms with van der Waals surface area (Å²) >= 11 is 0. The summed E-state index contributed by atoms with van der Waals surface area (Å²) in [6.45, 7) is 3.35. The maximum Gasteiger partial charge on any atom is 0.155 e. The highest BCUT2D eigenvalue weighted by Crippen LogP contribution is 2.25. The third-order valence-corrected chi connectivity index (χ3v) is 5.21. The van der Waals surface area contributed by atoms with E-state index in [-0.39, 0.29) is 5.75 Å². The number of rotatable bonds is 5. The van der Waals surface area contributed by atoms with Gasteiger partial charge in [-0.25, -0.2) is 8.42 Å². The molecule has 96 valence electrons. The summed E-state index contributed by atoms with van der Waals surface area (Å²) in [4.78, 5) is 0. The van der Waals surface area contributed by atoms with E-state index in [1.165, 1.54) is 0 Å². The first-order valence-corrected chi connectivity index (χ1v) is 7.39. The summed E-state index contributed by atoms with van der Waals surface area (Å²) in [5.74, 6) is 0.0392. The van der Waals surface area contributed by atoms with E-state index in [2.05, 4.69) is 0 Å². The van der Waals surface area contributed by atoms with Gasteiger partial charge in [-0.1, -0.05) is 26.0 Å². The number of hydrogen-bond acceptors (Lipinski definition) is 4. The predicted molar refractivity (Wildman–Crippen MR) is 69.4 cm³/mol. The second-order valence-corrected chi connectivity index (χ2v) is 6.52. The van der Waals surface area contributed by atoms with Gasteiger partial charge in [0, 0.05) is 11.4 Å². The molecule has 0 saturated carbocycles. The van der Waals surface area contributed by atoms with E-state index in [0.717, 1.165) is 0 Å². The Bertz CT molecular complexity index is 453. The van der Waals surface area contributed by atoms with Crippen LogP contribution < -0.4 is 5.73 Å². The zero-order chi connectivity index (χ0) is 13.1. The highest BCUT2D eigenvalue weighted by molar-refractivity contribution is 7.92. The van der Waals surface area contributed by atoms with E-state index in [1.54, 1.807) is 38.1 Å². The summed E-state index contributed by atoms with van der Waals surface area (Å²) in [5, 5.41) is 9.36. The van der Waals surface area contributed by atoms with Crippen molar-refractivity contribution in [2.45, 2.75) is 31.6 Å². The molecule has 17 heavy (non-hydrogen) atoms. The summed E-state index contributed by atoms with van der Waals surface area (Å²) in [6.07, 6.45) is -0.604. The molecule has 0 spiro atoms. The topological polar surface area (TPSA) is 80.4 Å². The highest BCUT2D eigenvalue weighted by atomic mass is 32.2. The number of anilines is 1. The van der Waals surface area contributed by atoms with Crippen LogP contribution >= 0.6 is 0 Å². The van der Waals surface area contributed by atoms with Gasteiger partial charge in [-0.15, -0.1) is 0 Å². The van der Waals surface area contributed by atoms with E-state index in [9.17, 15) is 13.5 Å². The number of aliphatic hydroxyl groups excluding tert-OH is 1. The molecule has 0 radical (unpaired) electrons. The summed E-state index contributed by atoms with van der Waals surface area (Å²) in [7, 11) is -3.25. The maximum atomic E-state index is 11.8. The number of benzene rings is 1. The van der Waals surface area contributed by atoms with Crippen LogP contribution in [-0.2, 0) is 9.84 Å². The van der Waals surface area contributed by atoms with Crippen molar-refractivity contribution in [3.05, 3.63) is 29.8 Å². The molecule has 2 atom stereocenters. The van der Waals surface area contributed by atoms with Crippen LogP contribution in [0.15, 0.2) is 24.3 Å². The summed E-state index contributed by atoms with van der Waals surface area (Å²) in [6, 6.07) is 6.63. The predicted octanol–water partition coefficient (Wildman–Crippen LogP) is 1.52. The summed E-state index contributed by atoms with van der Waals surface area (Å²) in [5.41, 5.74) is 6.72. The minimum Gasteiger partial charge on any atom is -0.399 e. The molecule has 0 aromatic heterocycles. The fourth-order valence-corrected chi connectivity index (χ4v) is 3.28. The quantitative estimate of drug-likeness (QED) is 0.784. The largest absolute Gasteiger partial charge is 0.399 e. The van der Waals surface area contributed by atoms with Gasteiger partial charge in [-0.2, -0.15) is 0 Å². The third-order valence-electron chi connectivity index (χ3n) is 2.90. The lowest BCUT2D eigenvalue weighted by Gasteiger charge is -2.21. The van der Waals surface area contributed by atoms with Gasteiger partial charge < -0.3 is 10.8 Å². The van der Waals surface area contributed by atoms with Crippen LogP contribution in [0.2, 0.25) is 0 Å². The van der Waals surface area contributed by atoms with Crippen LogP contribution in [-0.4, -0.2) is 24.5 Å². The monoisotopic (exact) mass is 257 g/mol. The lowest BCUT2D eigenvalue weighted by molar-refractivity contribution is 0.169. The van der Waals surface area contributed by atoms with Crippen molar-refractivity contribution in [1.29, 1.82) is 0 Å². The minimum absolute atomic E-state index is 0.0392. The van der Waals surface area contributed by atoms with Crippen molar-refractivity contribution >= 4 is 15.5 Å². The Balaban J connectivity index is 3.02. The van der Waals surface area contributed by atoms with Crippen LogP contribution in [0.4, 0.5) is 5.69 Å². The minimum atomic E-state index is -3.25. The lowest BCUT2D eigenvalue weighted by atomic mass is 10.0. The molecular weight excluding hydrogens is 238 g/mol. The zero-order valence-electron chi connectivity index (χ0n) is 10.1. The van der Waals surface area contributed by atoms with Crippen LogP contribution in [0.25, 0.3) is 0 Å². The molecule has 0 aliphatic carbocycles. The average molecular weight is 257 g/mol. The Kier molecular flexibility index (Phi) is 4.54. The van der Waals surface area contributed by atoms with E-state index < -0.39 is 21.2 Å². The van der Waals surface area contributed by atoms with Crippen molar-refractivity contribution in [1.82, 2.24) is 0 Å². The Hall–Kier alpha value is -1.07. The molecule has 0 fully saturated rings. The van der Waals surface area contributed by atoms with E-state index in [4.69, 9.17) is 5.73 Å². The van der Waals surface area contributed by atoms with Crippen molar-refractivity contribution < 1.29 is 13.5 Å². The number of nitrogen functional groups attached to an aromatic ring is 1. The van der Waals surface area contributed by atoms with Crippen LogP contribution in [0.1, 0.15) is 31.9 Å². The average Bonchev–Trinajstić information content (AvgIpc) is 2.30. The van der Waals surface area contributed by atoms with Crippen LogP contribution in [0, 0.1) is 0 Å². The van der Waals surface area contributed by atoms with Crippen molar-refractivity contribution in [2.24, 2.45) is 0 Å². The van der Waals surface area contributed by atoms with Crippen molar-refractivity contribution in [2.75, 3.05) is 11.5 Å². The highest BCUT2D eigenvalue weighted by Gasteiger charge is 2.30. The molecule has 4 nitrogen and oxygen atoms in total. The molecule has 5 heteroatoms. The van der Waals surface area contributed by atoms with Gasteiger partial charge >= 0.3 is 0 Å². The van der Waals surface area contributed by atoms with E-state index in [1.807, 2.05) is 0 Å². The zero-order valence-corrected chi connectivity index (χ0v) is 10.9. The Morgan fingerprint density at radius 2 is 1.76 bits per heavy atom. The molecule has 0 aliphatic heterocycles. The SMILES string of the molecule is CC[C@@H]([C@@H](O)c1ccc(N)cc1)S(=O)(=O)CC. The normalized spacial score (nSPS) is 15.5. The van der Waals surface area contributed by atoms with Gasteiger partial charge in [0.1, 0.15) is 0 Å². The van der Waals surface area contributed by atoms with Gasteiger partial charge in [-0.05, 0) is 24.1 Å². The molecular formula is C12H19NO3S. The third kappa shape index (κ3) is 3.20. The first-order valence-electron chi connectivity index (χ1n) is 5.67. The standard InChI is InChI=1S/C12H19NO3S/c1-3-11(17(15,16)4-2)12(14)9-5-7-10(13)8-6-9/h5-8,11-12,14H,3-4,13H2,1-2H3/t11-,12-/m0/s1. The fraction of sp³-hybridized carbons (Fsp3) is 0.500. The Labute approximate surface area is 102 Å². The number of nitrogens with two attached hydrogens (primary N) is 1.